The van der Waals surface area contributed by atoms with Gasteiger partial charge in [-0.1, -0.05) is 84.0 Å². The highest BCUT2D eigenvalue weighted by Gasteiger charge is 2.26. The number of benzene rings is 6. The molecular weight excluding hydrogens is 699 g/mol. The number of rotatable bonds is 3. The van der Waals surface area contributed by atoms with Crippen molar-refractivity contribution >= 4 is 82.6 Å². The molecule has 11 rings (SSSR count). The van der Waals surface area contributed by atoms with Gasteiger partial charge in [0.25, 0.3) is 0 Å². The number of nitrogens with zero attached hydrogens (tertiary/aromatic N) is 5. The summed E-state index contributed by atoms with van der Waals surface area (Å²) in [5.74, 6) is 1.34. The minimum Gasteiger partial charge on any atom is -0.457 e. The van der Waals surface area contributed by atoms with E-state index in [2.05, 4.69) is 117 Å². The van der Waals surface area contributed by atoms with Gasteiger partial charge < -0.3 is 18.9 Å². The molecule has 0 saturated heterocycles. The monoisotopic (exact) mass is 746 g/mol. The van der Waals surface area contributed by atoms with Gasteiger partial charge in [0.05, 0.1) is 45.6 Å². The predicted octanol–water partition coefficient (Wildman–Crippen LogP) is 13.3. The summed E-state index contributed by atoms with van der Waals surface area (Å²) in [7, 11) is 0. The third-order valence-corrected chi connectivity index (χ3v) is 12.0. The van der Waals surface area contributed by atoms with Crippen LogP contribution < -0.4 is 14.5 Å². The number of fused-ring (bicyclic) bond motifs is 11. The molecule has 57 heavy (non-hydrogen) atoms. The lowest BCUT2D eigenvalue weighted by atomic mass is 9.84. The van der Waals surface area contributed by atoms with E-state index in [0.717, 1.165) is 55.2 Å². The number of anilines is 3. The molecule has 0 unspecified atom stereocenters. The maximum atomic E-state index is 8.18. The maximum absolute atomic E-state index is 8.18. The van der Waals surface area contributed by atoms with Crippen molar-refractivity contribution in [1.82, 2.24) is 13.8 Å². The zero-order valence-electron chi connectivity index (χ0n) is 36.1. The molecular formula is C51H45N5O. The van der Waals surface area contributed by atoms with Gasteiger partial charge in [0.15, 0.2) is 5.65 Å². The molecule has 280 valence electrons. The molecule has 0 radical (unpaired) electrons. The fourth-order valence-corrected chi connectivity index (χ4v) is 9.07. The van der Waals surface area contributed by atoms with Crippen LogP contribution in [0.2, 0.25) is 0 Å². The van der Waals surface area contributed by atoms with E-state index in [1.807, 2.05) is 71.8 Å². The normalized spacial score (nSPS) is 14.7. The van der Waals surface area contributed by atoms with Crippen molar-refractivity contribution in [2.24, 2.45) is 0 Å². The van der Waals surface area contributed by atoms with Crippen LogP contribution in [0.1, 0.15) is 56.8 Å². The van der Waals surface area contributed by atoms with E-state index < -0.39 is 6.98 Å². The lowest BCUT2D eigenvalue weighted by molar-refractivity contribution is 0.483. The first-order chi connectivity index (χ1) is 28.6. The van der Waals surface area contributed by atoms with Crippen molar-refractivity contribution in [3.63, 3.8) is 0 Å². The van der Waals surface area contributed by atoms with Crippen LogP contribution >= 0.6 is 0 Å². The van der Waals surface area contributed by atoms with Crippen LogP contribution in [-0.2, 0) is 10.8 Å². The van der Waals surface area contributed by atoms with Gasteiger partial charge in [-0.25, -0.2) is 4.98 Å². The second kappa shape index (κ2) is 11.7. The standard InChI is InChI=1S/C51H45N5O/c1-50(2,3)31-20-23-42-39(25-31)41-27-32(51(4,5)6)26-40-38-16-11-15-37-36-22-21-35(29-46(36)56(47(37)38)49-45(19-12-24-52-49)55(42)48(40)41)57-34-14-10-13-33(28-34)54-30-53(7)43-17-8-9-18-44(43)54/h8-29H,30H2,1-7H3/i7D3. The highest BCUT2D eigenvalue weighted by molar-refractivity contribution is 6.25. The van der Waals surface area contributed by atoms with Gasteiger partial charge >= 0.3 is 0 Å². The molecule has 6 nitrogen and oxygen atoms in total. The van der Waals surface area contributed by atoms with Gasteiger partial charge in [-0.15, -0.1) is 0 Å². The third kappa shape index (κ3) is 4.99. The van der Waals surface area contributed by atoms with E-state index in [-0.39, 0.29) is 17.5 Å². The van der Waals surface area contributed by atoms with Crippen molar-refractivity contribution in [2.45, 2.75) is 52.4 Å². The molecule has 1 aliphatic heterocycles. The van der Waals surface area contributed by atoms with Crippen LogP contribution in [0.25, 0.3) is 65.5 Å². The van der Waals surface area contributed by atoms with Crippen molar-refractivity contribution in [3.8, 4) is 11.5 Å². The first-order valence-electron chi connectivity index (χ1n) is 21.2. The van der Waals surface area contributed by atoms with Gasteiger partial charge in [-0.2, -0.15) is 0 Å². The van der Waals surface area contributed by atoms with E-state index in [9.17, 15) is 0 Å². The Labute approximate surface area is 336 Å². The van der Waals surface area contributed by atoms with Gasteiger partial charge in [0, 0.05) is 67.4 Å². The summed E-state index contributed by atoms with van der Waals surface area (Å²) in [5, 5.41) is 7.10. The van der Waals surface area contributed by atoms with Gasteiger partial charge in [0.2, 0.25) is 0 Å². The fourth-order valence-electron chi connectivity index (χ4n) is 9.07. The molecule has 6 heteroatoms. The largest absolute Gasteiger partial charge is 0.457 e. The summed E-state index contributed by atoms with van der Waals surface area (Å²) in [6, 6.07) is 44.5. The Morgan fingerprint density at radius 2 is 1.25 bits per heavy atom. The molecule has 0 bridgehead atoms. The average Bonchev–Trinajstić information content (AvgIpc) is 3.87. The smallest absolute Gasteiger partial charge is 0.162 e. The van der Waals surface area contributed by atoms with E-state index >= 15 is 0 Å². The van der Waals surface area contributed by atoms with Crippen LogP contribution in [-0.4, -0.2) is 27.4 Å². The Balaban J connectivity index is 1.16. The topological polar surface area (TPSA) is 37.4 Å². The molecule has 0 atom stereocenters. The average molecular weight is 747 g/mol. The molecule has 6 aromatic carbocycles. The summed E-state index contributed by atoms with van der Waals surface area (Å²) in [4.78, 5) is 8.67. The summed E-state index contributed by atoms with van der Waals surface area (Å²) < 4.78 is 36.0. The number of pyridine rings is 1. The molecule has 4 aromatic heterocycles. The van der Waals surface area contributed by atoms with Crippen LogP contribution in [0, 0.1) is 0 Å². The summed E-state index contributed by atoms with van der Waals surface area (Å²) in [6.07, 6.45) is 1.89. The highest BCUT2D eigenvalue weighted by atomic mass is 16.5. The number of para-hydroxylation sites is 3. The van der Waals surface area contributed by atoms with E-state index in [1.165, 1.54) is 37.7 Å². The highest BCUT2D eigenvalue weighted by Crippen LogP contribution is 2.45. The van der Waals surface area contributed by atoms with E-state index in [4.69, 9.17) is 13.8 Å². The summed E-state index contributed by atoms with van der Waals surface area (Å²) in [5.41, 5.74) is 11.2. The van der Waals surface area contributed by atoms with Crippen molar-refractivity contribution in [2.75, 3.05) is 23.4 Å². The first kappa shape index (κ1) is 30.7. The predicted molar refractivity (Wildman–Crippen MR) is 239 cm³/mol. The zero-order valence-corrected chi connectivity index (χ0v) is 33.1. The Morgan fingerprint density at radius 3 is 2.04 bits per heavy atom. The zero-order chi connectivity index (χ0) is 41.5. The number of aromatic nitrogens is 3. The second-order valence-corrected chi connectivity index (χ2v) is 17.6. The first-order valence-corrected chi connectivity index (χ1v) is 19.7. The molecule has 0 N–H and O–H groups in total. The lowest BCUT2D eigenvalue weighted by Crippen LogP contribution is -2.23. The van der Waals surface area contributed by atoms with Gasteiger partial charge in [-0.3, -0.25) is 4.40 Å². The molecule has 0 fully saturated rings. The molecule has 0 saturated carbocycles. The molecule has 0 aliphatic carbocycles. The molecule has 10 aromatic rings. The molecule has 0 amide bonds. The van der Waals surface area contributed by atoms with E-state index in [1.54, 1.807) is 0 Å². The number of ether oxygens (including phenoxy) is 1. The fraction of sp³-hybridized carbons (Fsp3) is 0.196. The van der Waals surface area contributed by atoms with Gasteiger partial charge in [-0.05, 0) is 94.8 Å². The SMILES string of the molecule is [2H]C([2H])([2H])N1CN(c2cccc(Oc3ccc4c5cccc6c7cc(C(C)(C)C)cc8c9cc(C(C)(C)C)ccc9n(c9cccnc9n(c4c3)c56)c87)c2)c2ccccc21. The maximum Gasteiger partial charge on any atom is 0.162 e. The number of hydrogen-bond acceptors (Lipinski definition) is 4. The van der Waals surface area contributed by atoms with Crippen molar-refractivity contribution in [1.29, 1.82) is 0 Å². The molecule has 1 aliphatic rings. The Kier molecular flexibility index (Phi) is 6.32. The van der Waals surface area contributed by atoms with Crippen LogP contribution in [0.15, 0.2) is 134 Å². The lowest BCUT2D eigenvalue weighted by Gasteiger charge is -2.20. The molecule has 0 spiro atoms. The van der Waals surface area contributed by atoms with Gasteiger partial charge in [0.1, 0.15) is 11.5 Å². The Hall–Kier alpha value is -6.53. The number of hydrogen-bond donors (Lipinski definition) is 0. The quantitative estimate of drug-likeness (QED) is 0.180. The van der Waals surface area contributed by atoms with Crippen molar-refractivity contribution in [3.05, 3.63) is 145 Å². The van der Waals surface area contributed by atoms with Crippen LogP contribution in [0.3, 0.4) is 0 Å². The summed E-state index contributed by atoms with van der Waals surface area (Å²) >= 11 is 0. The second-order valence-electron chi connectivity index (χ2n) is 17.6. The third-order valence-electron chi connectivity index (χ3n) is 12.0. The van der Waals surface area contributed by atoms with Crippen molar-refractivity contribution < 1.29 is 8.85 Å². The minimum absolute atomic E-state index is 0.00899. The molecule has 5 heterocycles. The Morgan fingerprint density at radius 1 is 0.544 bits per heavy atom. The van der Waals surface area contributed by atoms with Crippen LogP contribution in [0.4, 0.5) is 17.1 Å². The van der Waals surface area contributed by atoms with Crippen LogP contribution in [0.5, 0.6) is 11.5 Å². The Bertz CT molecular complexity index is 3420. The minimum atomic E-state index is -2.27. The van der Waals surface area contributed by atoms with E-state index in [0.29, 0.717) is 17.2 Å². The summed E-state index contributed by atoms with van der Waals surface area (Å²) in [6.45, 7) is 11.7.